The molecule has 0 aromatic carbocycles. The summed E-state index contributed by atoms with van der Waals surface area (Å²) in [5.74, 6) is -2.87. The van der Waals surface area contributed by atoms with Gasteiger partial charge in [-0.2, -0.15) is 0 Å². The van der Waals surface area contributed by atoms with E-state index in [0.717, 1.165) is 0 Å². The van der Waals surface area contributed by atoms with E-state index in [4.69, 9.17) is 9.79 Å². The van der Waals surface area contributed by atoms with Crippen LogP contribution in [-0.4, -0.2) is 59.0 Å². The molecule has 26 heavy (non-hydrogen) atoms. The molecule has 10 nitrogen and oxygen atoms in total. The highest BCUT2D eigenvalue weighted by Crippen LogP contribution is 2.39. The molecule has 3 atom stereocenters. The highest BCUT2D eigenvalue weighted by Gasteiger charge is 2.30. The Morgan fingerprint density at radius 2 is 1.38 bits per heavy atom. The topological polar surface area (TPSA) is 157 Å². The summed E-state index contributed by atoms with van der Waals surface area (Å²) in [4.78, 5) is 54.6. The van der Waals surface area contributed by atoms with Gasteiger partial charge in [-0.3, -0.25) is 18.9 Å². The maximum Gasteiger partial charge on any atom is 0.347 e. The normalized spacial score (nSPS) is 14.8. The van der Waals surface area contributed by atoms with Crippen molar-refractivity contribution in [2.75, 3.05) is 13.6 Å². The molecule has 0 spiro atoms. The zero-order chi connectivity index (χ0) is 20.3. The molecular formula is C15H31N4O6P. The van der Waals surface area contributed by atoms with Gasteiger partial charge in [-0.25, -0.2) is 0 Å². The van der Waals surface area contributed by atoms with Crippen LogP contribution in [0.2, 0.25) is 0 Å². The van der Waals surface area contributed by atoms with E-state index in [0.29, 0.717) is 25.7 Å². The van der Waals surface area contributed by atoms with Crippen molar-refractivity contribution >= 4 is 25.3 Å². The first kappa shape index (κ1) is 24.5. The van der Waals surface area contributed by atoms with Crippen molar-refractivity contribution in [3.63, 3.8) is 0 Å². The van der Waals surface area contributed by atoms with Gasteiger partial charge < -0.3 is 31.1 Å². The highest BCUT2D eigenvalue weighted by atomic mass is 31.2. The minimum Gasteiger partial charge on any atom is -0.343 e. The Kier molecular flexibility index (Phi) is 11.3. The Morgan fingerprint density at radius 3 is 1.81 bits per heavy atom. The lowest BCUT2D eigenvalue weighted by Gasteiger charge is -2.24. The summed E-state index contributed by atoms with van der Waals surface area (Å²) in [7, 11) is -2.86. The van der Waals surface area contributed by atoms with Gasteiger partial charge in [-0.15, -0.1) is 0 Å². The zero-order valence-corrected chi connectivity index (χ0v) is 16.6. The second-order valence-corrected chi connectivity index (χ2v) is 8.02. The minimum atomic E-state index is -4.47. The van der Waals surface area contributed by atoms with E-state index in [1.807, 2.05) is 13.8 Å². The van der Waals surface area contributed by atoms with Gasteiger partial charge in [0.1, 0.15) is 17.9 Å². The SMILES string of the molecule is CCC[C@H](NC(=O)CNC)C(=O)N[C@@H](CCC)C(=O)N[C@@H](C)P(=O)(O)O. The predicted molar refractivity (Wildman–Crippen MR) is 97.3 cm³/mol. The molecule has 0 rings (SSSR count). The van der Waals surface area contributed by atoms with E-state index in [1.54, 1.807) is 7.05 Å². The minimum absolute atomic E-state index is 0.0617. The molecule has 0 radical (unpaired) electrons. The molecule has 152 valence electrons. The van der Waals surface area contributed by atoms with Gasteiger partial charge in [-0.1, -0.05) is 26.7 Å². The van der Waals surface area contributed by atoms with Crippen LogP contribution in [0.3, 0.4) is 0 Å². The van der Waals surface area contributed by atoms with Crippen molar-refractivity contribution in [3.05, 3.63) is 0 Å². The first-order valence-corrected chi connectivity index (χ1v) is 10.3. The van der Waals surface area contributed by atoms with Crippen LogP contribution in [0.25, 0.3) is 0 Å². The Bertz CT molecular complexity index is 524. The number of hydrogen-bond donors (Lipinski definition) is 6. The van der Waals surface area contributed by atoms with Crippen LogP contribution in [0.15, 0.2) is 0 Å². The molecule has 0 fully saturated rings. The molecule has 0 aromatic heterocycles. The summed E-state index contributed by atoms with van der Waals surface area (Å²) < 4.78 is 11.2. The van der Waals surface area contributed by atoms with Crippen molar-refractivity contribution in [2.24, 2.45) is 0 Å². The second kappa shape index (κ2) is 12.0. The average Bonchev–Trinajstić information content (AvgIpc) is 2.53. The molecular weight excluding hydrogens is 363 g/mol. The summed E-state index contributed by atoms with van der Waals surface area (Å²) >= 11 is 0. The first-order chi connectivity index (χ1) is 12.1. The molecule has 0 saturated heterocycles. The van der Waals surface area contributed by atoms with E-state index in [9.17, 15) is 18.9 Å². The fourth-order valence-electron chi connectivity index (χ4n) is 2.18. The second-order valence-electron chi connectivity index (χ2n) is 6.06. The van der Waals surface area contributed by atoms with Crippen molar-refractivity contribution < 1.29 is 28.7 Å². The fourth-order valence-corrected chi connectivity index (χ4v) is 2.48. The molecule has 0 bridgehead atoms. The van der Waals surface area contributed by atoms with Gasteiger partial charge in [-0.05, 0) is 26.8 Å². The summed E-state index contributed by atoms with van der Waals surface area (Å²) in [5.41, 5.74) is 0. The molecule has 6 N–H and O–H groups in total. The van der Waals surface area contributed by atoms with Crippen LogP contribution in [0, 0.1) is 0 Å². The lowest BCUT2D eigenvalue weighted by atomic mass is 10.1. The molecule has 0 aliphatic rings. The fraction of sp³-hybridized carbons (Fsp3) is 0.800. The summed E-state index contributed by atoms with van der Waals surface area (Å²) in [5, 5.41) is 10.1. The number of carbonyl (C=O) groups excluding carboxylic acids is 3. The number of rotatable bonds is 12. The van der Waals surface area contributed by atoms with E-state index in [-0.39, 0.29) is 12.5 Å². The molecule has 0 unspecified atom stereocenters. The number of likely N-dealkylation sites (N-methyl/N-ethyl adjacent to an activating group) is 1. The summed E-state index contributed by atoms with van der Waals surface area (Å²) in [6, 6.07) is -1.73. The molecule has 0 aliphatic carbocycles. The van der Waals surface area contributed by atoms with Crippen LogP contribution < -0.4 is 21.3 Å². The number of carbonyl (C=O) groups is 3. The first-order valence-electron chi connectivity index (χ1n) is 8.66. The third kappa shape index (κ3) is 9.28. The van der Waals surface area contributed by atoms with Gasteiger partial charge in [0, 0.05) is 0 Å². The smallest absolute Gasteiger partial charge is 0.343 e. The van der Waals surface area contributed by atoms with Crippen LogP contribution >= 0.6 is 7.60 Å². The number of hydrogen-bond acceptors (Lipinski definition) is 5. The molecule has 3 amide bonds. The zero-order valence-electron chi connectivity index (χ0n) is 15.7. The van der Waals surface area contributed by atoms with Crippen LogP contribution in [0.4, 0.5) is 0 Å². The van der Waals surface area contributed by atoms with E-state index in [2.05, 4.69) is 21.3 Å². The van der Waals surface area contributed by atoms with Crippen molar-refractivity contribution in [2.45, 2.75) is 64.3 Å². The van der Waals surface area contributed by atoms with Gasteiger partial charge in [0.2, 0.25) is 17.7 Å². The standard InChI is InChI=1S/C15H31N4O6P/c1-5-7-11(18-13(20)9-16-4)15(22)19-12(8-6-2)14(21)17-10(3)26(23,24)25/h10-12,16H,5-9H2,1-4H3,(H,17,21)(H,18,20)(H,19,22)(H2,23,24,25)/t10-,11+,12+/m1/s1. The molecule has 0 saturated carbocycles. The monoisotopic (exact) mass is 394 g/mol. The number of nitrogens with one attached hydrogen (secondary N) is 4. The van der Waals surface area contributed by atoms with Gasteiger partial charge >= 0.3 is 7.60 Å². The number of amides is 3. The summed E-state index contributed by atoms with van der Waals surface area (Å²) in [6.45, 7) is 4.94. The molecule has 0 aliphatic heterocycles. The molecule has 11 heteroatoms. The Balaban J connectivity index is 5.02. The van der Waals surface area contributed by atoms with Crippen LogP contribution in [0.1, 0.15) is 46.5 Å². The lowest BCUT2D eigenvalue weighted by molar-refractivity contribution is -0.132. The van der Waals surface area contributed by atoms with Gasteiger partial charge in [0.25, 0.3) is 0 Å². The maximum atomic E-state index is 12.5. The van der Waals surface area contributed by atoms with Crippen molar-refractivity contribution in [1.82, 2.24) is 21.3 Å². The third-order valence-corrected chi connectivity index (χ3v) is 4.77. The van der Waals surface area contributed by atoms with Crippen molar-refractivity contribution in [3.8, 4) is 0 Å². The lowest BCUT2D eigenvalue weighted by Crippen LogP contribution is -2.55. The summed E-state index contributed by atoms with van der Waals surface area (Å²) in [6.07, 6.45) is 1.93. The quantitative estimate of drug-likeness (QED) is 0.242. The highest BCUT2D eigenvalue weighted by molar-refractivity contribution is 7.52. The van der Waals surface area contributed by atoms with Crippen molar-refractivity contribution in [1.29, 1.82) is 0 Å². The average molecular weight is 394 g/mol. The Labute approximate surface area is 154 Å². The van der Waals surface area contributed by atoms with Crippen LogP contribution in [0.5, 0.6) is 0 Å². The molecule has 0 aromatic rings. The van der Waals surface area contributed by atoms with E-state index in [1.165, 1.54) is 6.92 Å². The largest absolute Gasteiger partial charge is 0.347 e. The maximum absolute atomic E-state index is 12.5. The van der Waals surface area contributed by atoms with Gasteiger partial charge in [0.05, 0.1) is 6.54 Å². The predicted octanol–water partition coefficient (Wildman–Crippen LogP) is -0.584. The van der Waals surface area contributed by atoms with E-state index >= 15 is 0 Å². The molecule has 0 heterocycles. The van der Waals surface area contributed by atoms with Gasteiger partial charge in [0.15, 0.2) is 0 Å². The third-order valence-electron chi connectivity index (χ3n) is 3.63. The van der Waals surface area contributed by atoms with Crippen LogP contribution in [-0.2, 0) is 18.9 Å². The Hall–Kier alpha value is -1.48. The Morgan fingerprint density at radius 1 is 0.923 bits per heavy atom. The van der Waals surface area contributed by atoms with E-state index < -0.39 is 37.3 Å².